The lowest BCUT2D eigenvalue weighted by Crippen LogP contribution is -2.04. The van der Waals surface area contributed by atoms with E-state index < -0.39 is 0 Å². The van der Waals surface area contributed by atoms with Crippen molar-refractivity contribution in [2.45, 2.75) is 19.9 Å². The number of nitrogens with zero attached hydrogens (tertiary/aromatic N) is 4. The second-order valence-corrected chi connectivity index (χ2v) is 7.32. The molecular weight excluding hydrogens is 374 g/mol. The number of pyridine rings is 1. The molecule has 0 bridgehead atoms. The second-order valence-electron chi connectivity index (χ2n) is 6.20. The van der Waals surface area contributed by atoms with Crippen molar-refractivity contribution in [1.29, 1.82) is 0 Å². The van der Waals surface area contributed by atoms with Crippen LogP contribution in [0.2, 0.25) is 0 Å². The number of hydrogen-bond donors (Lipinski definition) is 1. The first-order chi connectivity index (χ1) is 13.6. The van der Waals surface area contributed by atoms with E-state index in [0.717, 1.165) is 27.8 Å². The van der Waals surface area contributed by atoms with E-state index in [9.17, 15) is 10.1 Å². The molecule has 3 heterocycles. The van der Waals surface area contributed by atoms with Gasteiger partial charge in [-0.05, 0) is 30.2 Å². The molecule has 0 unspecified atom stereocenters. The van der Waals surface area contributed by atoms with Gasteiger partial charge in [0.1, 0.15) is 10.6 Å². The molecule has 0 aliphatic rings. The summed E-state index contributed by atoms with van der Waals surface area (Å²) in [5, 5.41) is 15.3. The molecule has 0 fully saturated rings. The number of aryl methyl sites for hydroxylation is 1. The number of nitro benzene ring substituents is 1. The predicted molar refractivity (Wildman–Crippen MR) is 110 cm³/mol. The Kier molecular flexibility index (Phi) is 4.94. The SMILES string of the molecule is CCc1cc2c(NCc3cccc([N+](=O)[O-])c3)nc(-c3cccnc3)nc2s1. The quantitative estimate of drug-likeness (QED) is 0.373. The van der Waals surface area contributed by atoms with Gasteiger partial charge in [0.05, 0.1) is 10.3 Å². The van der Waals surface area contributed by atoms with Gasteiger partial charge >= 0.3 is 0 Å². The van der Waals surface area contributed by atoms with Gasteiger partial charge in [-0.2, -0.15) is 0 Å². The molecule has 0 amide bonds. The largest absolute Gasteiger partial charge is 0.365 e. The third-order valence-corrected chi connectivity index (χ3v) is 5.47. The summed E-state index contributed by atoms with van der Waals surface area (Å²) in [6.07, 6.45) is 4.37. The monoisotopic (exact) mass is 391 g/mol. The zero-order valence-corrected chi connectivity index (χ0v) is 15.9. The van der Waals surface area contributed by atoms with E-state index in [-0.39, 0.29) is 10.6 Å². The Hall–Kier alpha value is -3.39. The second kappa shape index (κ2) is 7.69. The van der Waals surface area contributed by atoms with E-state index in [1.54, 1.807) is 35.9 Å². The zero-order valence-electron chi connectivity index (χ0n) is 15.1. The number of nitro groups is 1. The van der Waals surface area contributed by atoms with Crippen molar-refractivity contribution in [3.05, 3.63) is 75.4 Å². The van der Waals surface area contributed by atoms with Crippen molar-refractivity contribution in [2.75, 3.05) is 5.32 Å². The number of thiophene rings is 1. The van der Waals surface area contributed by atoms with Crippen LogP contribution in [0.3, 0.4) is 0 Å². The Labute approximate surface area is 165 Å². The fraction of sp³-hybridized carbons (Fsp3) is 0.150. The van der Waals surface area contributed by atoms with Crippen LogP contribution in [-0.2, 0) is 13.0 Å². The van der Waals surface area contributed by atoms with Crippen LogP contribution in [0, 0.1) is 10.1 Å². The highest BCUT2D eigenvalue weighted by atomic mass is 32.1. The van der Waals surface area contributed by atoms with Crippen LogP contribution in [0.4, 0.5) is 11.5 Å². The average molecular weight is 391 g/mol. The molecule has 7 nitrogen and oxygen atoms in total. The van der Waals surface area contributed by atoms with Gasteiger partial charge in [-0.3, -0.25) is 15.1 Å². The number of benzene rings is 1. The fourth-order valence-corrected chi connectivity index (χ4v) is 3.84. The van der Waals surface area contributed by atoms with Gasteiger partial charge in [0.2, 0.25) is 0 Å². The summed E-state index contributed by atoms with van der Waals surface area (Å²) in [6, 6.07) is 12.5. The zero-order chi connectivity index (χ0) is 19.5. The van der Waals surface area contributed by atoms with Gasteiger partial charge in [-0.15, -0.1) is 11.3 Å². The summed E-state index contributed by atoms with van der Waals surface area (Å²) in [6.45, 7) is 2.54. The first-order valence-corrected chi connectivity index (χ1v) is 9.63. The van der Waals surface area contributed by atoms with Crippen molar-refractivity contribution >= 4 is 33.1 Å². The summed E-state index contributed by atoms with van der Waals surface area (Å²) < 4.78 is 0. The van der Waals surface area contributed by atoms with Crippen LogP contribution in [0.1, 0.15) is 17.4 Å². The topological polar surface area (TPSA) is 93.8 Å². The Morgan fingerprint density at radius 1 is 1.18 bits per heavy atom. The Morgan fingerprint density at radius 3 is 2.82 bits per heavy atom. The van der Waals surface area contributed by atoms with Crippen LogP contribution in [0.5, 0.6) is 0 Å². The van der Waals surface area contributed by atoms with E-state index in [4.69, 9.17) is 9.97 Å². The summed E-state index contributed by atoms with van der Waals surface area (Å²) in [7, 11) is 0. The molecule has 0 saturated carbocycles. The van der Waals surface area contributed by atoms with E-state index in [1.807, 2.05) is 18.2 Å². The highest BCUT2D eigenvalue weighted by Crippen LogP contribution is 2.32. The first kappa shape index (κ1) is 18.0. The van der Waals surface area contributed by atoms with Crippen molar-refractivity contribution in [1.82, 2.24) is 15.0 Å². The summed E-state index contributed by atoms with van der Waals surface area (Å²) in [5.41, 5.74) is 1.73. The average Bonchev–Trinajstić information content (AvgIpc) is 3.16. The number of hydrogen-bond acceptors (Lipinski definition) is 7. The minimum atomic E-state index is -0.390. The molecule has 1 N–H and O–H groups in total. The van der Waals surface area contributed by atoms with Gasteiger partial charge in [0.25, 0.3) is 5.69 Å². The Morgan fingerprint density at radius 2 is 2.07 bits per heavy atom. The van der Waals surface area contributed by atoms with Crippen molar-refractivity contribution in [3.63, 3.8) is 0 Å². The molecule has 8 heteroatoms. The van der Waals surface area contributed by atoms with Crippen molar-refractivity contribution < 1.29 is 4.92 Å². The fourth-order valence-electron chi connectivity index (χ4n) is 2.87. The van der Waals surface area contributed by atoms with Gasteiger partial charge in [0, 0.05) is 41.5 Å². The van der Waals surface area contributed by atoms with E-state index in [1.165, 1.54) is 10.9 Å². The van der Waals surface area contributed by atoms with Crippen LogP contribution >= 0.6 is 11.3 Å². The third kappa shape index (κ3) is 3.67. The maximum atomic E-state index is 11.0. The number of fused-ring (bicyclic) bond motifs is 1. The molecule has 3 aromatic heterocycles. The lowest BCUT2D eigenvalue weighted by molar-refractivity contribution is -0.384. The van der Waals surface area contributed by atoms with E-state index >= 15 is 0 Å². The molecule has 0 spiro atoms. The molecular formula is C20H17N5O2S. The molecule has 0 radical (unpaired) electrons. The van der Waals surface area contributed by atoms with Crippen LogP contribution in [0.15, 0.2) is 54.9 Å². The van der Waals surface area contributed by atoms with E-state index in [2.05, 4.69) is 23.3 Å². The molecule has 4 aromatic rings. The lowest BCUT2D eigenvalue weighted by atomic mass is 10.2. The smallest absolute Gasteiger partial charge is 0.269 e. The lowest BCUT2D eigenvalue weighted by Gasteiger charge is -2.09. The summed E-state index contributed by atoms with van der Waals surface area (Å²) in [5.74, 6) is 1.32. The van der Waals surface area contributed by atoms with Gasteiger partial charge in [0.15, 0.2) is 5.82 Å². The number of anilines is 1. The Balaban J connectivity index is 1.71. The van der Waals surface area contributed by atoms with Crippen LogP contribution < -0.4 is 5.32 Å². The first-order valence-electron chi connectivity index (χ1n) is 8.82. The maximum absolute atomic E-state index is 11.0. The molecule has 0 saturated heterocycles. The Bertz CT molecular complexity index is 1140. The van der Waals surface area contributed by atoms with Crippen molar-refractivity contribution in [3.8, 4) is 11.4 Å². The number of rotatable bonds is 6. The number of non-ortho nitro benzene ring substituents is 1. The molecule has 0 atom stereocenters. The number of aromatic nitrogens is 3. The van der Waals surface area contributed by atoms with E-state index in [0.29, 0.717) is 18.2 Å². The highest BCUT2D eigenvalue weighted by Gasteiger charge is 2.13. The normalized spacial score (nSPS) is 10.9. The highest BCUT2D eigenvalue weighted by molar-refractivity contribution is 7.18. The minimum absolute atomic E-state index is 0.0759. The molecule has 140 valence electrons. The molecule has 28 heavy (non-hydrogen) atoms. The minimum Gasteiger partial charge on any atom is -0.365 e. The third-order valence-electron chi connectivity index (χ3n) is 4.29. The predicted octanol–water partition coefficient (Wildman–Crippen LogP) is 4.84. The molecule has 1 aromatic carbocycles. The summed E-state index contributed by atoms with van der Waals surface area (Å²) in [4.78, 5) is 26.3. The maximum Gasteiger partial charge on any atom is 0.269 e. The van der Waals surface area contributed by atoms with Gasteiger partial charge in [-0.25, -0.2) is 9.97 Å². The molecule has 0 aliphatic heterocycles. The van der Waals surface area contributed by atoms with Crippen LogP contribution in [0.25, 0.3) is 21.6 Å². The van der Waals surface area contributed by atoms with Crippen LogP contribution in [-0.4, -0.2) is 19.9 Å². The van der Waals surface area contributed by atoms with Gasteiger partial charge < -0.3 is 5.32 Å². The molecule has 4 rings (SSSR count). The van der Waals surface area contributed by atoms with Gasteiger partial charge in [-0.1, -0.05) is 19.1 Å². The van der Waals surface area contributed by atoms with Crippen molar-refractivity contribution in [2.24, 2.45) is 0 Å². The molecule has 0 aliphatic carbocycles. The summed E-state index contributed by atoms with van der Waals surface area (Å²) >= 11 is 1.65. The number of nitrogens with one attached hydrogen (secondary N) is 1. The standard InChI is InChI=1S/C20H17N5O2S/c1-2-16-10-17-19(22-11-13-5-3-7-15(9-13)25(26)27)23-18(24-20(17)28-16)14-6-4-8-21-12-14/h3-10,12H,2,11H2,1H3,(H,22,23,24).